The van der Waals surface area contributed by atoms with Crippen molar-refractivity contribution in [1.82, 2.24) is 4.31 Å². The Bertz CT molecular complexity index is 646. The molecule has 0 spiro atoms. The number of benzene rings is 1. The number of carboxylic acid groups (broad SMARTS) is 1. The Balaban J connectivity index is 2.25. The first-order valence-electron chi connectivity index (χ1n) is 6.18. The van der Waals surface area contributed by atoms with Crippen LogP contribution in [-0.2, 0) is 14.8 Å². The van der Waals surface area contributed by atoms with Crippen molar-refractivity contribution in [3.63, 3.8) is 0 Å². The SMILES string of the molecule is N#Cc1ccc(S(=O)(=O)N2CCCC(C(=O)O)C2)cc1. The number of hydrogen-bond acceptors (Lipinski definition) is 4. The number of aliphatic carboxylic acids is 1. The number of piperidine rings is 1. The lowest BCUT2D eigenvalue weighted by Crippen LogP contribution is -2.42. The summed E-state index contributed by atoms with van der Waals surface area (Å²) in [5.74, 6) is -1.62. The lowest BCUT2D eigenvalue weighted by atomic mass is 10.0. The fourth-order valence-electron chi connectivity index (χ4n) is 2.21. The van der Waals surface area contributed by atoms with Crippen LogP contribution in [0.3, 0.4) is 0 Å². The zero-order chi connectivity index (χ0) is 14.8. The number of nitrogens with zero attached hydrogens (tertiary/aromatic N) is 2. The van der Waals surface area contributed by atoms with E-state index in [0.29, 0.717) is 24.9 Å². The molecule has 1 fully saturated rings. The van der Waals surface area contributed by atoms with Crippen molar-refractivity contribution in [3.05, 3.63) is 29.8 Å². The molecule has 1 aromatic carbocycles. The largest absolute Gasteiger partial charge is 0.481 e. The maximum Gasteiger partial charge on any atom is 0.307 e. The first-order valence-corrected chi connectivity index (χ1v) is 7.62. The van der Waals surface area contributed by atoms with Gasteiger partial charge in [0, 0.05) is 13.1 Å². The van der Waals surface area contributed by atoms with Crippen LogP contribution >= 0.6 is 0 Å². The quantitative estimate of drug-likeness (QED) is 0.898. The second-order valence-electron chi connectivity index (χ2n) is 4.68. The predicted octanol–water partition coefficient (Wildman–Crippen LogP) is 1.04. The van der Waals surface area contributed by atoms with Crippen LogP contribution in [0.2, 0.25) is 0 Å². The van der Waals surface area contributed by atoms with E-state index in [1.807, 2.05) is 6.07 Å². The summed E-state index contributed by atoms with van der Waals surface area (Å²) in [4.78, 5) is 11.1. The zero-order valence-electron chi connectivity index (χ0n) is 10.7. The Kier molecular flexibility index (Phi) is 4.06. The maximum atomic E-state index is 12.4. The van der Waals surface area contributed by atoms with Gasteiger partial charge in [0.15, 0.2) is 0 Å². The van der Waals surface area contributed by atoms with E-state index in [2.05, 4.69) is 0 Å². The molecule has 2 rings (SSSR count). The van der Waals surface area contributed by atoms with Crippen LogP contribution < -0.4 is 0 Å². The van der Waals surface area contributed by atoms with Gasteiger partial charge in [0.1, 0.15) is 0 Å². The van der Waals surface area contributed by atoms with Gasteiger partial charge < -0.3 is 5.11 Å². The van der Waals surface area contributed by atoms with Crippen LogP contribution in [0.25, 0.3) is 0 Å². The van der Waals surface area contributed by atoms with Crippen LogP contribution in [0.5, 0.6) is 0 Å². The van der Waals surface area contributed by atoms with E-state index in [1.54, 1.807) is 0 Å². The first-order chi connectivity index (χ1) is 9.45. The number of carboxylic acids is 1. The van der Waals surface area contributed by atoms with Crippen molar-refractivity contribution in [2.45, 2.75) is 17.7 Å². The summed E-state index contributed by atoms with van der Waals surface area (Å²) in [6.07, 6.45) is 1.03. The number of carbonyl (C=O) groups is 1. The van der Waals surface area contributed by atoms with Crippen LogP contribution in [0, 0.1) is 17.2 Å². The van der Waals surface area contributed by atoms with Crippen molar-refractivity contribution in [3.8, 4) is 6.07 Å². The summed E-state index contributed by atoms with van der Waals surface area (Å²) in [6, 6.07) is 7.54. The lowest BCUT2D eigenvalue weighted by molar-refractivity contribution is -0.142. The topological polar surface area (TPSA) is 98.5 Å². The molecule has 1 atom stereocenters. The summed E-state index contributed by atoms with van der Waals surface area (Å²) >= 11 is 0. The van der Waals surface area contributed by atoms with Gasteiger partial charge in [-0.15, -0.1) is 0 Å². The van der Waals surface area contributed by atoms with Gasteiger partial charge in [-0.05, 0) is 37.1 Å². The zero-order valence-corrected chi connectivity index (χ0v) is 11.5. The van der Waals surface area contributed by atoms with Gasteiger partial charge in [0.25, 0.3) is 0 Å². The molecule has 1 aliphatic heterocycles. The first kappa shape index (κ1) is 14.5. The van der Waals surface area contributed by atoms with E-state index in [-0.39, 0.29) is 11.4 Å². The molecule has 6 nitrogen and oxygen atoms in total. The molecule has 1 unspecified atom stereocenters. The molecular formula is C13H14N2O4S. The molecule has 20 heavy (non-hydrogen) atoms. The molecule has 0 radical (unpaired) electrons. The molecule has 1 aliphatic rings. The van der Waals surface area contributed by atoms with Gasteiger partial charge >= 0.3 is 5.97 Å². The molecule has 1 saturated heterocycles. The van der Waals surface area contributed by atoms with Crippen molar-refractivity contribution < 1.29 is 18.3 Å². The third-order valence-corrected chi connectivity index (χ3v) is 5.23. The molecule has 0 amide bonds. The summed E-state index contributed by atoms with van der Waals surface area (Å²) in [5, 5.41) is 17.7. The predicted molar refractivity (Wildman–Crippen MR) is 70.3 cm³/mol. The fraction of sp³-hybridized carbons (Fsp3) is 0.385. The molecule has 0 bridgehead atoms. The van der Waals surface area contributed by atoms with E-state index >= 15 is 0 Å². The highest BCUT2D eigenvalue weighted by atomic mass is 32.2. The minimum Gasteiger partial charge on any atom is -0.481 e. The Labute approximate surface area is 117 Å². The highest BCUT2D eigenvalue weighted by Gasteiger charge is 2.33. The standard InChI is InChI=1S/C13H14N2O4S/c14-8-10-3-5-12(6-4-10)20(18,19)15-7-1-2-11(9-15)13(16)17/h3-6,11H,1-2,7,9H2,(H,16,17). The van der Waals surface area contributed by atoms with E-state index in [4.69, 9.17) is 10.4 Å². The van der Waals surface area contributed by atoms with Crippen LogP contribution in [0.4, 0.5) is 0 Å². The second-order valence-corrected chi connectivity index (χ2v) is 6.61. The Morgan fingerprint density at radius 1 is 1.35 bits per heavy atom. The monoisotopic (exact) mass is 294 g/mol. The average molecular weight is 294 g/mol. The molecule has 0 saturated carbocycles. The van der Waals surface area contributed by atoms with Gasteiger partial charge in [-0.3, -0.25) is 4.79 Å². The second kappa shape index (κ2) is 5.61. The minimum atomic E-state index is -3.69. The van der Waals surface area contributed by atoms with E-state index in [1.165, 1.54) is 28.6 Å². The number of sulfonamides is 1. The van der Waals surface area contributed by atoms with Crippen molar-refractivity contribution in [2.75, 3.05) is 13.1 Å². The number of nitriles is 1. The molecule has 0 aliphatic carbocycles. The fourth-order valence-corrected chi connectivity index (χ4v) is 3.74. The van der Waals surface area contributed by atoms with Crippen molar-refractivity contribution in [2.24, 2.45) is 5.92 Å². The minimum absolute atomic E-state index is 0.00231. The third-order valence-electron chi connectivity index (χ3n) is 3.35. The number of hydrogen-bond donors (Lipinski definition) is 1. The third kappa shape index (κ3) is 2.81. The van der Waals surface area contributed by atoms with Crippen molar-refractivity contribution in [1.29, 1.82) is 5.26 Å². The van der Waals surface area contributed by atoms with Crippen LogP contribution in [-0.4, -0.2) is 36.9 Å². The van der Waals surface area contributed by atoms with Gasteiger partial charge in [0.2, 0.25) is 10.0 Å². The smallest absolute Gasteiger partial charge is 0.307 e. The van der Waals surface area contributed by atoms with Crippen molar-refractivity contribution >= 4 is 16.0 Å². The van der Waals surface area contributed by atoms with E-state index in [9.17, 15) is 13.2 Å². The summed E-state index contributed by atoms with van der Waals surface area (Å²) < 4.78 is 26.0. The van der Waals surface area contributed by atoms with Crippen LogP contribution in [0.15, 0.2) is 29.2 Å². The number of rotatable bonds is 3. The summed E-state index contributed by atoms with van der Waals surface area (Å²) in [6.45, 7) is 0.323. The molecule has 0 aromatic heterocycles. The summed E-state index contributed by atoms with van der Waals surface area (Å²) in [5.41, 5.74) is 0.381. The average Bonchev–Trinajstić information content (AvgIpc) is 2.47. The Hall–Kier alpha value is -1.91. The highest BCUT2D eigenvalue weighted by molar-refractivity contribution is 7.89. The molecular weight excluding hydrogens is 280 g/mol. The maximum absolute atomic E-state index is 12.4. The van der Waals surface area contributed by atoms with Gasteiger partial charge in [-0.25, -0.2) is 8.42 Å². The lowest BCUT2D eigenvalue weighted by Gasteiger charge is -2.29. The molecule has 1 heterocycles. The van der Waals surface area contributed by atoms with Crippen LogP contribution in [0.1, 0.15) is 18.4 Å². The normalized spacial score (nSPS) is 20.2. The molecule has 1 aromatic rings. The summed E-state index contributed by atoms with van der Waals surface area (Å²) in [7, 11) is -3.69. The molecule has 106 valence electrons. The molecule has 1 N–H and O–H groups in total. The molecule has 7 heteroatoms. The Morgan fingerprint density at radius 3 is 2.55 bits per heavy atom. The van der Waals surface area contributed by atoms with Gasteiger partial charge in [0.05, 0.1) is 22.4 Å². The Morgan fingerprint density at radius 2 is 2.00 bits per heavy atom. The van der Waals surface area contributed by atoms with E-state index < -0.39 is 21.9 Å². The van der Waals surface area contributed by atoms with Gasteiger partial charge in [-0.1, -0.05) is 0 Å². The highest BCUT2D eigenvalue weighted by Crippen LogP contribution is 2.24. The van der Waals surface area contributed by atoms with Gasteiger partial charge in [-0.2, -0.15) is 9.57 Å². The van der Waals surface area contributed by atoms with E-state index in [0.717, 1.165) is 0 Å².